The van der Waals surface area contributed by atoms with E-state index in [4.69, 9.17) is 0 Å². The van der Waals surface area contributed by atoms with Gasteiger partial charge in [-0.1, -0.05) is 5.16 Å². The molecule has 10 heavy (non-hydrogen) atoms. The highest BCUT2D eigenvalue weighted by Gasteiger charge is 1.98. The van der Waals surface area contributed by atoms with Gasteiger partial charge in [0, 0.05) is 17.3 Å². The number of aromatic amines is 1. The van der Waals surface area contributed by atoms with Gasteiger partial charge in [-0.15, -0.1) is 0 Å². The van der Waals surface area contributed by atoms with Crippen LogP contribution >= 0.6 is 0 Å². The van der Waals surface area contributed by atoms with Crippen LogP contribution in [-0.2, 0) is 0 Å². The Morgan fingerprint density at radius 2 is 2.30 bits per heavy atom. The Bertz CT molecular complexity index is 252. The minimum Gasteiger partial charge on any atom is -0.364 e. The zero-order valence-corrected chi connectivity index (χ0v) is 5.11. The summed E-state index contributed by atoms with van der Waals surface area (Å²) < 4.78 is 4.65. The highest BCUT2D eigenvalue weighted by Crippen LogP contribution is 2.14. The minimum absolute atomic E-state index is 0.939. The van der Waals surface area contributed by atoms with Crippen molar-refractivity contribution >= 4 is 0 Å². The maximum atomic E-state index is 4.65. The molecule has 0 unspecified atom stereocenters. The van der Waals surface area contributed by atoms with Gasteiger partial charge in [0.1, 0.15) is 6.26 Å². The summed E-state index contributed by atoms with van der Waals surface area (Å²) in [6, 6.07) is 0. The fourth-order valence-electron chi connectivity index (χ4n) is 0.756. The van der Waals surface area contributed by atoms with Crippen LogP contribution in [0.15, 0.2) is 29.4 Å². The van der Waals surface area contributed by atoms with Gasteiger partial charge in [0.15, 0.2) is 0 Å². The average Bonchev–Trinajstić information content (AvgIpc) is 2.59. The lowest BCUT2D eigenvalue weighted by Gasteiger charge is -1.80. The highest BCUT2D eigenvalue weighted by atomic mass is 16.5. The molecule has 0 fully saturated rings. The van der Waals surface area contributed by atoms with Crippen LogP contribution in [0, 0.1) is 0 Å². The molecule has 0 aliphatic rings. The number of rotatable bonds is 1. The van der Waals surface area contributed by atoms with Crippen LogP contribution in [0.5, 0.6) is 0 Å². The summed E-state index contributed by atoms with van der Waals surface area (Å²) in [7, 11) is 0. The van der Waals surface area contributed by atoms with Crippen LogP contribution < -0.4 is 0 Å². The lowest BCUT2D eigenvalue weighted by molar-refractivity contribution is 0.420. The monoisotopic (exact) mass is 135 g/mol. The molecule has 0 radical (unpaired) electrons. The van der Waals surface area contributed by atoms with E-state index in [1.54, 1.807) is 24.9 Å². The van der Waals surface area contributed by atoms with Crippen molar-refractivity contribution in [1.82, 2.24) is 15.4 Å². The van der Waals surface area contributed by atoms with E-state index in [9.17, 15) is 0 Å². The normalized spacial score (nSPS) is 10.0. The summed E-state index contributed by atoms with van der Waals surface area (Å²) in [5.74, 6) is 0. The zero-order valence-electron chi connectivity index (χ0n) is 5.11. The SMILES string of the molecule is c1n[nH]cc1-c1cnoc1. The largest absolute Gasteiger partial charge is 0.364 e. The van der Waals surface area contributed by atoms with E-state index in [0.717, 1.165) is 11.1 Å². The van der Waals surface area contributed by atoms with Crippen molar-refractivity contribution in [3.63, 3.8) is 0 Å². The third kappa shape index (κ3) is 0.699. The highest BCUT2D eigenvalue weighted by molar-refractivity contribution is 5.58. The third-order valence-corrected chi connectivity index (χ3v) is 1.26. The Kier molecular flexibility index (Phi) is 1.04. The molecule has 2 rings (SSSR count). The predicted molar refractivity (Wildman–Crippen MR) is 34.1 cm³/mol. The summed E-state index contributed by atoms with van der Waals surface area (Å²) in [6.07, 6.45) is 6.72. The second-order valence-corrected chi connectivity index (χ2v) is 1.90. The molecule has 0 aliphatic carbocycles. The van der Waals surface area contributed by atoms with E-state index in [2.05, 4.69) is 19.9 Å². The van der Waals surface area contributed by atoms with Gasteiger partial charge in [0.25, 0.3) is 0 Å². The average molecular weight is 135 g/mol. The predicted octanol–water partition coefficient (Wildman–Crippen LogP) is 1.06. The molecule has 0 saturated carbocycles. The number of nitrogens with zero attached hydrogens (tertiary/aromatic N) is 2. The molecule has 0 atom stereocenters. The van der Waals surface area contributed by atoms with Gasteiger partial charge in [0.2, 0.25) is 0 Å². The van der Waals surface area contributed by atoms with Crippen LogP contribution in [0.1, 0.15) is 0 Å². The molecule has 0 spiro atoms. The van der Waals surface area contributed by atoms with E-state index >= 15 is 0 Å². The summed E-state index contributed by atoms with van der Waals surface area (Å²) in [6.45, 7) is 0. The molecule has 2 aromatic rings. The van der Waals surface area contributed by atoms with Crippen molar-refractivity contribution < 1.29 is 4.52 Å². The first-order valence-corrected chi connectivity index (χ1v) is 2.85. The molecular weight excluding hydrogens is 130 g/mol. The lowest BCUT2D eigenvalue weighted by Crippen LogP contribution is -1.63. The van der Waals surface area contributed by atoms with Crippen molar-refractivity contribution in [2.24, 2.45) is 0 Å². The number of nitrogens with one attached hydrogen (secondary N) is 1. The van der Waals surface area contributed by atoms with E-state index < -0.39 is 0 Å². The van der Waals surface area contributed by atoms with Crippen molar-refractivity contribution in [1.29, 1.82) is 0 Å². The topological polar surface area (TPSA) is 54.7 Å². The van der Waals surface area contributed by atoms with Gasteiger partial charge in [0.05, 0.1) is 12.4 Å². The first kappa shape index (κ1) is 5.22. The molecule has 50 valence electrons. The second kappa shape index (κ2) is 1.98. The zero-order chi connectivity index (χ0) is 6.81. The number of aromatic nitrogens is 3. The van der Waals surface area contributed by atoms with E-state index in [1.165, 1.54) is 0 Å². The molecule has 0 amide bonds. The molecule has 2 aromatic heterocycles. The molecule has 4 heteroatoms. The molecule has 0 bridgehead atoms. The Labute approximate surface area is 56.9 Å². The van der Waals surface area contributed by atoms with Crippen LogP contribution in [0.2, 0.25) is 0 Å². The van der Waals surface area contributed by atoms with Crippen LogP contribution in [0.3, 0.4) is 0 Å². The summed E-state index contributed by atoms with van der Waals surface area (Å²) in [5.41, 5.74) is 1.93. The molecular formula is C6H5N3O. The quantitative estimate of drug-likeness (QED) is 0.636. The van der Waals surface area contributed by atoms with Crippen molar-refractivity contribution in [2.45, 2.75) is 0 Å². The molecule has 0 aromatic carbocycles. The minimum atomic E-state index is 0.939. The third-order valence-electron chi connectivity index (χ3n) is 1.26. The number of hydrogen-bond acceptors (Lipinski definition) is 3. The van der Waals surface area contributed by atoms with E-state index in [1.807, 2.05) is 0 Å². The van der Waals surface area contributed by atoms with Gasteiger partial charge in [-0.2, -0.15) is 5.10 Å². The van der Waals surface area contributed by atoms with Gasteiger partial charge >= 0.3 is 0 Å². The van der Waals surface area contributed by atoms with Crippen molar-refractivity contribution in [3.05, 3.63) is 24.9 Å². The Morgan fingerprint density at radius 3 is 2.90 bits per heavy atom. The van der Waals surface area contributed by atoms with Crippen molar-refractivity contribution in [3.8, 4) is 11.1 Å². The fourth-order valence-corrected chi connectivity index (χ4v) is 0.756. The molecule has 0 aliphatic heterocycles. The van der Waals surface area contributed by atoms with Gasteiger partial charge < -0.3 is 4.52 Å². The van der Waals surface area contributed by atoms with Crippen LogP contribution in [0.4, 0.5) is 0 Å². The standard InChI is InChI=1S/C6H5N3O/c1-5(2-8-7-1)6-3-9-10-4-6/h1-4H,(H,7,8). The molecule has 2 heterocycles. The van der Waals surface area contributed by atoms with Gasteiger partial charge in [-0.25, -0.2) is 0 Å². The summed E-state index contributed by atoms with van der Waals surface area (Å²) in [5, 5.41) is 10.0. The smallest absolute Gasteiger partial charge is 0.131 e. The first-order valence-electron chi connectivity index (χ1n) is 2.85. The first-order chi connectivity index (χ1) is 4.97. The molecule has 4 nitrogen and oxygen atoms in total. The number of H-pyrrole nitrogens is 1. The maximum absolute atomic E-state index is 4.65. The Balaban J connectivity index is 2.48. The van der Waals surface area contributed by atoms with E-state index in [-0.39, 0.29) is 0 Å². The fraction of sp³-hybridized carbons (Fsp3) is 0. The van der Waals surface area contributed by atoms with Crippen LogP contribution in [-0.4, -0.2) is 15.4 Å². The Hall–Kier alpha value is -1.58. The van der Waals surface area contributed by atoms with Crippen LogP contribution in [0.25, 0.3) is 11.1 Å². The van der Waals surface area contributed by atoms with Crippen molar-refractivity contribution in [2.75, 3.05) is 0 Å². The number of hydrogen-bond donors (Lipinski definition) is 1. The molecule has 1 N–H and O–H groups in total. The second-order valence-electron chi connectivity index (χ2n) is 1.90. The van der Waals surface area contributed by atoms with Gasteiger partial charge in [-0.05, 0) is 0 Å². The summed E-state index contributed by atoms with van der Waals surface area (Å²) in [4.78, 5) is 0. The summed E-state index contributed by atoms with van der Waals surface area (Å²) >= 11 is 0. The lowest BCUT2D eigenvalue weighted by atomic mass is 10.2. The molecule has 0 saturated heterocycles. The Morgan fingerprint density at radius 1 is 1.30 bits per heavy atom. The van der Waals surface area contributed by atoms with Gasteiger partial charge in [-0.3, -0.25) is 5.10 Å². The van der Waals surface area contributed by atoms with E-state index in [0.29, 0.717) is 0 Å². The maximum Gasteiger partial charge on any atom is 0.131 e.